The first-order valence-electron chi connectivity index (χ1n) is 12.3. The molecule has 1 aliphatic heterocycles. The Morgan fingerprint density at radius 3 is 2.18 bits per heavy atom. The number of para-hydroxylation sites is 2. The number of hydrogen-bond donors (Lipinski definition) is 0. The first-order chi connectivity index (χ1) is 16.7. The van der Waals surface area contributed by atoms with Crippen LogP contribution in [0.5, 0.6) is 0 Å². The molecule has 0 N–H and O–H groups in total. The first-order valence-corrected chi connectivity index (χ1v) is 12.3. The van der Waals surface area contributed by atoms with Crippen molar-refractivity contribution in [3.8, 4) is 0 Å². The minimum absolute atomic E-state index is 0.0529. The zero-order valence-electron chi connectivity index (χ0n) is 19.8. The molecule has 0 spiro atoms. The second kappa shape index (κ2) is 10.2. The summed E-state index contributed by atoms with van der Waals surface area (Å²) in [6.45, 7) is 6.96. The highest BCUT2D eigenvalue weighted by Gasteiger charge is 2.28. The van der Waals surface area contributed by atoms with Gasteiger partial charge in [0.1, 0.15) is 5.82 Å². The third kappa shape index (κ3) is 4.75. The Morgan fingerprint density at radius 1 is 0.824 bits per heavy atom. The Kier molecular flexibility index (Phi) is 6.72. The van der Waals surface area contributed by atoms with E-state index in [4.69, 9.17) is 4.98 Å². The lowest BCUT2D eigenvalue weighted by molar-refractivity contribution is -0.134. The van der Waals surface area contributed by atoms with Crippen LogP contribution in [0.15, 0.2) is 84.9 Å². The van der Waals surface area contributed by atoms with Crippen molar-refractivity contribution < 1.29 is 4.79 Å². The Bertz CT molecular complexity index is 1230. The van der Waals surface area contributed by atoms with Gasteiger partial charge in [0.15, 0.2) is 0 Å². The molecule has 5 nitrogen and oxygen atoms in total. The van der Waals surface area contributed by atoms with E-state index >= 15 is 0 Å². The fraction of sp³-hybridized carbons (Fsp3) is 0.310. The normalized spacial score (nSPS) is 15.5. The van der Waals surface area contributed by atoms with Gasteiger partial charge in [-0.25, -0.2) is 4.98 Å². The number of rotatable bonds is 7. The number of carbonyl (C=O) groups excluding carboxylic acids is 1. The Balaban J connectivity index is 1.28. The van der Waals surface area contributed by atoms with Crippen LogP contribution in [0.3, 0.4) is 0 Å². The molecule has 1 saturated heterocycles. The van der Waals surface area contributed by atoms with E-state index in [2.05, 4.69) is 77.1 Å². The highest BCUT2D eigenvalue weighted by Crippen LogP contribution is 2.24. The molecule has 1 aliphatic rings. The van der Waals surface area contributed by atoms with Crippen LogP contribution < -0.4 is 0 Å². The SMILES string of the molecule is CCC(C(=O)N1CCN(Cc2nc3ccccc3n2Cc2ccccc2)CC1)c1ccccc1. The van der Waals surface area contributed by atoms with Crippen molar-refractivity contribution in [1.29, 1.82) is 0 Å². The van der Waals surface area contributed by atoms with Gasteiger partial charge >= 0.3 is 0 Å². The highest BCUT2D eigenvalue weighted by atomic mass is 16.2. The van der Waals surface area contributed by atoms with Crippen LogP contribution in [0, 0.1) is 0 Å². The summed E-state index contributed by atoms with van der Waals surface area (Å²) in [6.07, 6.45) is 0.826. The molecule has 2 heterocycles. The average Bonchev–Trinajstić information content (AvgIpc) is 3.23. The number of carbonyl (C=O) groups is 1. The van der Waals surface area contributed by atoms with Crippen molar-refractivity contribution in [3.05, 3.63) is 102 Å². The van der Waals surface area contributed by atoms with E-state index in [1.807, 2.05) is 29.2 Å². The van der Waals surface area contributed by atoms with E-state index in [1.54, 1.807) is 0 Å². The monoisotopic (exact) mass is 452 g/mol. The van der Waals surface area contributed by atoms with E-state index in [1.165, 1.54) is 11.1 Å². The predicted octanol–water partition coefficient (Wildman–Crippen LogP) is 4.92. The minimum atomic E-state index is -0.0529. The van der Waals surface area contributed by atoms with Gasteiger partial charge in [-0.1, -0.05) is 79.7 Å². The van der Waals surface area contributed by atoms with Gasteiger partial charge in [0, 0.05) is 32.7 Å². The maximum Gasteiger partial charge on any atom is 0.230 e. The topological polar surface area (TPSA) is 41.4 Å². The van der Waals surface area contributed by atoms with Crippen LogP contribution in [0.25, 0.3) is 11.0 Å². The molecule has 1 fully saturated rings. The zero-order chi connectivity index (χ0) is 23.3. The molecule has 0 saturated carbocycles. The lowest BCUT2D eigenvalue weighted by atomic mass is 9.95. The van der Waals surface area contributed by atoms with Gasteiger partial charge in [0.25, 0.3) is 0 Å². The van der Waals surface area contributed by atoms with Gasteiger partial charge in [0.2, 0.25) is 5.91 Å². The van der Waals surface area contributed by atoms with Gasteiger partial charge in [-0.3, -0.25) is 9.69 Å². The number of imidazole rings is 1. The maximum absolute atomic E-state index is 13.3. The quantitative estimate of drug-likeness (QED) is 0.400. The van der Waals surface area contributed by atoms with Gasteiger partial charge in [-0.15, -0.1) is 0 Å². The Morgan fingerprint density at radius 2 is 1.47 bits per heavy atom. The van der Waals surface area contributed by atoms with Crippen LogP contribution in [0.4, 0.5) is 0 Å². The van der Waals surface area contributed by atoms with Crippen LogP contribution in [-0.2, 0) is 17.9 Å². The van der Waals surface area contributed by atoms with Crippen molar-refractivity contribution in [2.24, 2.45) is 0 Å². The molecule has 1 aromatic heterocycles. The van der Waals surface area contributed by atoms with Gasteiger partial charge < -0.3 is 9.47 Å². The molecule has 174 valence electrons. The molecule has 0 radical (unpaired) electrons. The fourth-order valence-corrected chi connectivity index (χ4v) is 4.97. The highest BCUT2D eigenvalue weighted by molar-refractivity contribution is 5.83. The summed E-state index contributed by atoms with van der Waals surface area (Å²) in [4.78, 5) is 22.7. The molecular formula is C29H32N4O. The zero-order valence-corrected chi connectivity index (χ0v) is 19.8. The van der Waals surface area contributed by atoms with E-state index in [0.29, 0.717) is 0 Å². The minimum Gasteiger partial charge on any atom is -0.340 e. The van der Waals surface area contributed by atoms with Crippen molar-refractivity contribution >= 4 is 16.9 Å². The van der Waals surface area contributed by atoms with Crippen LogP contribution >= 0.6 is 0 Å². The second-order valence-corrected chi connectivity index (χ2v) is 9.06. The summed E-state index contributed by atoms with van der Waals surface area (Å²) in [5.41, 5.74) is 4.60. The molecule has 5 heteroatoms. The van der Waals surface area contributed by atoms with Crippen LogP contribution in [0.1, 0.15) is 36.2 Å². The number of benzene rings is 3. The summed E-state index contributed by atoms with van der Waals surface area (Å²) in [5, 5.41) is 0. The van der Waals surface area contributed by atoms with Crippen LogP contribution in [-0.4, -0.2) is 51.4 Å². The third-order valence-electron chi connectivity index (χ3n) is 6.87. The number of piperazine rings is 1. The number of aromatic nitrogens is 2. The Labute approximate surface area is 201 Å². The molecule has 0 aliphatic carbocycles. The Hall–Kier alpha value is -3.44. The molecule has 1 atom stereocenters. The lowest BCUT2D eigenvalue weighted by Gasteiger charge is -2.36. The number of fused-ring (bicyclic) bond motifs is 1. The summed E-state index contributed by atoms with van der Waals surface area (Å²) >= 11 is 0. The van der Waals surface area contributed by atoms with Crippen molar-refractivity contribution in [3.63, 3.8) is 0 Å². The van der Waals surface area contributed by atoms with Gasteiger partial charge in [0.05, 0.1) is 23.5 Å². The summed E-state index contributed by atoms with van der Waals surface area (Å²) < 4.78 is 2.34. The number of nitrogens with zero attached hydrogens (tertiary/aromatic N) is 4. The van der Waals surface area contributed by atoms with Gasteiger partial charge in [-0.2, -0.15) is 0 Å². The fourth-order valence-electron chi connectivity index (χ4n) is 4.97. The predicted molar refractivity (Wildman–Crippen MR) is 137 cm³/mol. The second-order valence-electron chi connectivity index (χ2n) is 9.06. The molecule has 3 aromatic carbocycles. The number of amides is 1. The van der Waals surface area contributed by atoms with Crippen molar-refractivity contribution in [2.75, 3.05) is 26.2 Å². The average molecular weight is 453 g/mol. The van der Waals surface area contributed by atoms with E-state index in [0.717, 1.165) is 62.6 Å². The molecule has 1 unspecified atom stereocenters. The molecule has 0 bridgehead atoms. The van der Waals surface area contributed by atoms with E-state index < -0.39 is 0 Å². The van der Waals surface area contributed by atoms with E-state index in [9.17, 15) is 4.79 Å². The van der Waals surface area contributed by atoms with Crippen molar-refractivity contribution in [2.45, 2.75) is 32.4 Å². The van der Waals surface area contributed by atoms with Crippen LogP contribution in [0.2, 0.25) is 0 Å². The van der Waals surface area contributed by atoms with Crippen molar-refractivity contribution in [1.82, 2.24) is 19.4 Å². The van der Waals surface area contributed by atoms with Gasteiger partial charge in [-0.05, 0) is 29.7 Å². The smallest absolute Gasteiger partial charge is 0.230 e. The lowest BCUT2D eigenvalue weighted by Crippen LogP contribution is -2.49. The first kappa shape index (κ1) is 22.4. The summed E-state index contributed by atoms with van der Waals surface area (Å²) in [6, 6.07) is 29.1. The number of hydrogen-bond acceptors (Lipinski definition) is 3. The molecule has 4 aromatic rings. The maximum atomic E-state index is 13.3. The molecule has 1 amide bonds. The third-order valence-corrected chi connectivity index (χ3v) is 6.87. The molecule has 5 rings (SSSR count). The molecule has 34 heavy (non-hydrogen) atoms. The summed E-state index contributed by atoms with van der Waals surface area (Å²) in [5.74, 6) is 1.29. The molecular weight excluding hydrogens is 420 g/mol. The largest absolute Gasteiger partial charge is 0.340 e. The summed E-state index contributed by atoms with van der Waals surface area (Å²) in [7, 11) is 0. The van der Waals surface area contributed by atoms with E-state index in [-0.39, 0.29) is 11.8 Å². The standard InChI is InChI=1S/C29H32N4O/c1-2-25(24-13-7-4-8-14-24)29(34)32-19-17-31(18-20-32)22-28-30-26-15-9-10-16-27(26)33(28)21-23-11-5-3-6-12-23/h3-16,25H,2,17-22H2,1H3.